The number of hydrogen-bond donors (Lipinski definition) is 1. The van der Waals surface area contributed by atoms with E-state index in [4.69, 9.17) is 0 Å². The van der Waals surface area contributed by atoms with Crippen LogP contribution in [0.15, 0.2) is 0 Å². The summed E-state index contributed by atoms with van der Waals surface area (Å²) in [5.41, 5.74) is 0. The summed E-state index contributed by atoms with van der Waals surface area (Å²) in [5.74, 6) is 0.647. The molecule has 1 amide bonds. The molecule has 77 valence electrons. The van der Waals surface area contributed by atoms with Crippen molar-refractivity contribution in [1.82, 2.24) is 5.32 Å². The lowest BCUT2D eigenvalue weighted by molar-refractivity contribution is -0.119. The second-order valence-corrected chi connectivity index (χ2v) is 3.52. The van der Waals surface area contributed by atoms with Crippen molar-refractivity contribution in [2.45, 2.75) is 53.0 Å². The van der Waals surface area contributed by atoms with Crippen LogP contribution in [0.5, 0.6) is 0 Å². The average Bonchev–Trinajstić information content (AvgIpc) is 2.13. The van der Waals surface area contributed by atoms with E-state index in [0.29, 0.717) is 12.0 Å². The minimum absolute atomic E-state index is 0.0784. The van der Waals surface area contributed by atoms with Gasteiger partial charge in [-0.2, -0.15) is 0 Å². The van der Waals surface area contributed by atoms with Gasteiger partial charge >= 0.3 is 0 Å². The van der Waals surface area contributed by atoms with E-state index in [9.17, 15) is 4.79 Å². The Morgan fingerprint density at radius 1 is 1.31 bits per heavy atom. The van der Waals surface area contributed by atoms with Crippen LogP contribution in [0.25, 0.3) is 0 Å². The first kappa shape index (κ1) is 12.5. The Morgan fingerprint density at radius 3 is 2.31 bits per heavy atom. The number of carbonyl (C=O) groups excluding carboxylic acids is 1. The van der Waals surface area contributed by atoms with Crippen LogP contribution in [0.1, 0.15) is 47.0 Å². The lowest BCUT2D eigenvalue weighted by atomic mass is 9.97. The van der Waals surface area contributed by atoms with E-state index in [-0.39, 0.29) is 5.91 Å². The molecule has 0 aromatic heterocycles. The highest BCUT2D eigenvalue weighted by Crippen LogP contribution is 2.10. The molecule has 13 heavy (non-hydrogen) atoms. The van der Waals surface area contributed by atoms with Crippen LogP contribution < -0.4 is 5.32 Å². The minimum atomic E-state index is 0.0784. The molecule has 0 bridgehead atoms. The van der Waals surface area contributed by atoms with Crippen molar-refractivity contribution >= 4 is 5.91 Å². The van der Waals surface area contributed by atoms with Gasteiger partial charge in [-0.25, -0.2) is 0 Å². The van der Waals surface area contributed by atoms with Crippen LogP contribution in [0.2, 0.25) is 0 Å². The van der Waals surface area contributed by atoms with E-state index in [1.165, 1.54) is 0 Å². The van der Waals surface area contributed by atoms with Crippen molar-refractivity contribution in [2.24, 2.45) is 5.92 Å². The quantitative estimate of drug-likeness (QED) is 0.675. The predicted molar refractivity (Wildman–Crippen MR) is 56.3 cm³/mol. The fourth-order valence-electron chi connectivity index (χ4n) is 1.36. The number of rotatable bonds is 6. The van der Waals surface area contributed by atoms with Gasteiger partial charge < -0.3 is 5.32 Å². The van der Waals surface area contributed by atoms with Crippen molar-refractivity contribution in [2.75, 3.05) is 0 Å². The number of carbonyl (C=O) groups is 1. The van der Waals surface area contributed by atoms with E-state index < -0.39 is 0 Å². The highest BCUT2D eigenvalue weighted by molar-refractivity contribution is 5.84. The summed E-state index contributed by atoms with van der Waals surface area (Å²) in [6.45, 7) is 8.43. The summed E-state index contributed by atoms with van der Waals surface area (Å²) >= 11 is 0. The van der Waals surface area contributed by atoms with Crippen molar-refractivity contribution in [3.05, 3.63) is 6.42 Å². The Hall–Kier alpha value is -0.530. The molecule has 2 atom stereocenters. The van der Waals surface area contributed by atoms with Gasteiger partial charge in [-0.15, -0.1) is 0 Å². The molecule has 0 rings (SSSR count). The molecule has 0 aromatic rings. The topological polar surface area (TPSA) is 29.1 Å². The molecule has 0 aromatic carbocycles. The average molecular weight is 184 g/mol. The molecule has 0 spiro atoms. The molecule has 1 radical (unpaired) electrons. The lowest BCUT2D eigenvalue weighted by Crippen LogP contribution is -2.38. The Balaban J connectivity index is 3.89. The molecule has 0 saturated heterocycles. The van der Waals surface area contributed by atoms with Crippen molar-refractivity contribution in [3.63, 3.8) is 0 Å². The Morgan fingerprint density at radius 2 is 1.92 bits per heavy atom. The molecular formula is C11H22NO. The molecule has 0 aliphatic rings. The summed E-state index contributed by atoms with van der Waals surface area (Å²) in [5, 5.41) is 3.02. The van der Waals surface area contributed by atoms with Gasteiger partial charge in [-0.05, 0) is 18.8 Å². The second kappa shape index (κ2) is 6.93. The number of nitrogens with one attached hydrogen (secondary N) is 1. The van der Waals surface area contributed by atoms with E-state index in [1.54, 1.807) is 6.42 Å². The van der Waals surface area contributed by atoms with Gasteiger partial charge in [0.05, 0.1) is 0 Å². The zero-order valence-electron chi connectivity index (χ0n) is 9.26. The molecule has 2 nitrogen and oxygen atoms in total. The van der Waals surface area contributed by atoms with Crippen LogP contribution in [-0.4, -0.2) is 11.9 Å². The van der Waals surface area contributed by atoms with Gasteiger partial charge in [0.1, 0.15) is 0 Å². The number of hydrogen-bond acceptors (Lipinski definition) is 1. The molecule has 2 unspecified atom stereocenters. The summed E-state index contributed by atoms with van der Waals surface area (Å²) in [6.07, 6.45) is 4.64. The maximum atomic E-state index is 11.3. The zero-order chi connectivity index (χ0) is 10.3. The first-order chi connectivity index (χ1) is 6.15. The maximum Gasteiger partial charge on any atom is 0.224 e. The summed E-state index contributed by atoms with van der Waals surface area (Å²) in [7, 11) is 0. The molecular weight excluding hydrogens is 162 g/mol. The molecule has 0 aliphatic carbocycles. The van der Waals surface area contributed by atoms with Gasteiger partial charge in [-0.3, -0.25) is 4.79 Å². The Kier molecular flexibility index (Phi) is 6.65. The standard InChI is InChI=1S/C11H22NO/c1-5-8-11(13)12-10(7-3)9(4)6-2/h8-10H,5-7H2,1-4H3,(H,12,13). The highest BCUT2D eigenvalue weighted by atomic mass is 16.1. The van der Waals surface area contributed by atoms with E-state index in [1.807, 2.05) is 6.92 Å². The van der Waals surface area contributed by atoms with Crippen molar-refractivity contribution in [1.29, 1.82) is 0 Å². The molecule has 0 fully saturated rings. The third-order valence-corrected chi connectivity index (χ3v) is 2.49. The predicted octanol–water partition coefficient (Wildman–Crippen LogP) is 2.54. The van der Waals surface area contributed by atoms with Crippen LogP contribution in [-0.2, 0) is 4.79 Å². The fourth-order valence-corrected chi connectivity index (χ4v) is 1.36. The first-order valence-corrected chi connectivity index (χ1v) is 5.29. The summed E-state index contributed by atoms with van der Waals surface area (Å²) in [6, 6.07) is 0.334. The SMILES string of the molecule is CC[CH]C(=O)NC(CC)C(C)CC. The van der Waals surface area contributed by atoms with E-state index >= 15 is 0 Å². The molecule has 0 aliphatic heterocycles. The monoisotopic (exact) mass is 184 g/mol. The largest absolute Gasteiger partial charge is 0.353 e. The minimum Gasteiger partial charge on any atom is -0.353 e. The highest BCUT2D eigenvalue weighted by Gasteiger charge is 2.15. The normalized spacial score (nSPS) is 15.1. The molecule has 0 saturated carbocycles. The third kappa shape index (κ3) is 4.91. The van der Waals surface area contributed by atoms with E-state index in [2.05, 4.69) is 26.1 Å². The van der Waals surface area contributed by atoms with Crippen LogP contribution in [0.3, 0.4) is 0 Å². The van der Waals surface area contributed by atoms with Crippen LogP contribution >= 0.6 is 0 Å². The van der Waals surface area contributed by atoms with Gasteiger partial charge in [0.15, 0.2) is 0 Å². The van der Waals surface area contributed by atoms with Crippen LogP contribution in [0.4, 0.5) is 0 Å². The van der Waals surface area contributed by atoms with Crippen molar-refractivity contribution < 1.29 is 4.79 Å². The molecule has 2 heteroatoms. The fraction of sp³-hybridized carbons (Fsp3) is 0.818. The second-order valence-electron chi connectivity index (χ2n) is 3.52. The van der Waals surface area contributed by atoms with Crippen LogP contribution in [0, 0.1) is 12.3 Å². The Labute approximate surface area is 82.1 Å². The van der Waals surface area contributed by atoms with Gasteiger partial charge in [0, 0.05) is 12.5 Å². The van der Waals surface area contributed by atoms with E-state index in [0.717, 1.165) is 19.3 Å². The number of amides is 1. The van der Waals surface area contributed by atoms with Gasteiger partial charge in [-0.1, -0.05) is 34.1 Å². The smallest absolute Gasteiger partial charge is 0.224 e. The Bertz CT molecular complexity index is 145. The van der Waals surface area contributed by atoms with Crippen molar-refractivity contribution in [3.8, 4) is 0 Å². The third-order valence-electron chi connectivity index (χ3n) is 2.49. The summed E-state index contributed by atoms with van der Waals surface area (Å²) in [4.78, 5) is 11.3. The molecule has 1 N–H and O–H groups in total. The van der Waals surface area contributed by atoms with Gasteiger partial charge in [0.25, 0.3) is 0 Å². The first-order valence-electron chi connectivity index (χ1n) is 5.29. The summed E-state index contributed by atoms with van der Waals surface area (Å²) < 4.78 is 0. The van der Waals surface area contributed by atoms with Gasteiger partial charge in [0.2, 0.25) is 5.91 Å². The maximum absolute atomic E-state index is 11.3. The zero-order valence-corrected chi connectivity index (χ0v) is 9.26. The molecule has 0 heterocycles. The lowest BCUT2D eigenvalue weighted by Gasteiger charge is -2.22.